The lowest BCUT2D eigenvalue weighted by atomic mass is 10.1. The highest BCUT2D eigenvalue weighted by Crippen LogP contribution is 2.33. The van der Waals surface area contributed by atoms with Crippen LogP contribution in [0.1, 0.15) is 70.2 Å². The lowest BCUT2D eigenvalue weighted by Gasteiger charge is -2.36. The van der Waals surface area contributed by atoms with Crippen molar-refractivity contribution < 1.29 is 28.7 Å². The molecule has 0 aromatic heterocycles. The first-order chi connectivity index (χ1) is 19.0. The van der Waals surface area contributed by atoms with Crippen LogP contribution in [-0.4, -0.2) is 102 Å². The summed E-state index contributed by atoms with van der Waals surface area (Å²) in [4.78, 5) is 56.2. The molecule has 10 heteroatoms. The van der Waals surface area contributed by atoms with E-state index in [2.05, 4.69) is 10.2 Å². The maximum absolute atomic E-state index is 13.0. The minimum atomic E-state index is -0.667. The fourth-order valence-electron chi connectivity index (χ4n) is 5.19. The number of nitrogens with zero attached hydrogens (tertiary/aromatic N) is 3. The van der Waals surface area contributed by atoms with E-state index in [0.29, 0.717) is 32.7 Å². The monoisotopic (exact) mass is 556 g/mol. The zero-order valence-electron chi connectivity index (χ0n) is 24.3. The van der Waals surface area contributed by atoms with E-state index in [9.17, 15) is 19.2 Å². The van der Waals surface area contributed by atoms with Crippen molar-refractivity contribution in [1.82, 2.24) is 20.0 Å². The second-order valence-electron chi connectivity index (χ2n) is 12.1. The summed E-state index contributed by atoms with van der Waals surface area (Å²) >= 11 is 0. The Morgan fingerprint density at radius 2 is 1.65 bits per heavy atom. The highest BCUT2D eigenvalue weighted by Gasteiger charge is 2.38. The van der Waals surface area contributed by atoms with Gasteiger partial charge in [0.1, 0.15) is 23.4 Å². The van der Waals surface area contributed by atoms with Gasteiger partial charge in [-0.15, -0.1) is 0 Å². The number of carbonyl (C=O) groups excluding carboxylic acids is 4. The van der Waals surface area contributed by atoms with E-state index < -0.39 is 23.8 Å². The van der Waals surface area contributed by atoms with Gasteiger partial charge in [-0.3, -0.25) is 24.2 Å². The standard InChI is InChI=1S/C30H44N4O6/c1-21(31-27(36)25-7-5-15-34(25)29(38)40-30(2,3)4)28(37)33-18-16-32(17-19-33)14-6-20-39-24-12-10-23(11-13-24)26(35)22-8-9-22/h10-13,21-22,25H,5-9,14-20H2,1-4H3,(H,31,36)/t21-,25-/m1/s1. The Bertz CT molecular complexity index is 1060. The third kappa shape index (κ3) is 8.19. The molecule has 40 heavy (non-hydrogen) atoms. The molecule has 220 valence electrons. The second kappa shape index (κ2) is 13.0. The van der Waals surface area contributed by atoms with E-state index >= 15 is 0 Å². The Labute approximate surface area is 237 Å². The van der Waals surface area contributed by atoms with E-state index in [-0.39, 0.29) is 23.5 Å². The molecule has 0 bridgehead atoms. The summed E-state index contributed by atoms with van der Waals surface area (Å²) < 4.78 is 11.3. The normalized spacial score (nSPS) is 20.6. The zero-order chi connectivity index (χ0) is 28.9. The number of rotatable bonds is 10. The lowest BCUT2D eigenvalue weighted by Crippen LogP contribution is -2.56. The highest BCUT2D eigenvalue weighted by atomic mass is 16.6. The Kier molecular flexibility index (Phi) is 9.71. The van der Waals surface area contributed by atoms with Crippen LogP contribution < -0.4 is 10.1 Å². The summed E-state index contributed by atoms with van der Waals surface area (Å²) in [6, 6.07) is 6.14. The molecule has 1 aromatic rings. The molecule has 2 atom stereocenters. The lowest BCUT2D eigenvalue weighted by molar-refractivity contribution is -0.138. The van der Waals surface area contributed by atoms with Gasteiger partial charge < -0.3 is 19.7 Å². The number of benzene rings is 1. The number of ether oxygens (including phenoxy) is 2. The van der Waals surface area contributed by atoms with E-state index in [1.807, 2.05) is 24.3 Å². The third-order valence-corrected chi connectivity index (χ3v) is 7.57. The predicted molar refractivity (Wildman–Crippen MR) is 150 cm³/mol. The number of Topliss-reactive ketones (excluding diaryl/α,β-unsaturated/α-hetero) is 1. The van der Waals surface area contributed by atoms with Crippen molar-refractivity contribution in [2.45, 2.75) is 77.5 Å². The molecule has 0 unspecified atom stereocenters. The number of carbonyl (C=O) groups is 4. The van der Waals surface area contributed by atoms with Crippen LogP contribution in [0.2, 0.25) is 0 Å². The zero-order valence-corrected chi connectivity index (χ0v) is 24.3. The van der Waals surface area contributed by atoms with E-state index in [4.69, 9.17) is 9.47 Å². The predicted octanol–water partition coefficient (Wildman–Crippen LogP) is 3.10. The highest BCUT2D eigenvalue weighted by molar-refractivity contribution is 5.99. The number of hydrogen-bond acceptors (Lipinski definition) is 7. The first kappa shape index (κ1) is 29.8. The van der Waals surface area contributed by atoms with Crippen molar-refractivity contribution in [3.8, 4) is 5.75 Å². The number of ketones is 1. The van der Waals surface area contributed by atoms with Crippen LogP contribution in [-0.2, 0) is 14.3 Å². The molecular weight excluding hydrogens is 512 g/mol. The van der Waals surface area contributed by atoms with Crippen LogP contribution in [0.25, 0.3) is 0 Å². The molecule has 10 nitrogen and oxygen atoms in total. The molecule has 2 heterocycles. The fraction of sp³-hybridized carbons (Fsp3) is 0.667. The molecule has 3 aliphatic rings. The third-order valence-electron chi connectivity index (χ3n) is 7.57. The molecule has 0 spiro atoms. The molecule has 2 saturated heterocycles. The van der Waals surface area contributed by atoms with E-state index in [0.717, 1.165) is 56.6 Å². The average molecular weight is 557 g/mol. The van der Waals surface area contributed by atoms with Gasteiger partial charge in [0.15, 0.2) is 5.78 Å². The number of likely N-dealkylation sites (tertiary alicyclic amines) is 1. The smallest absolute Gasteiger partial charge is 0.410 e. The van der Waals surface area contributed by atoms with Crippen LogP contribution in [0, 0.1) is 5.92 Å². The Morgan fingerprint density at radius 3 is 2.27 bits per heavy atom. The van der Waals surface area contributed by atoms with Gasteiger partial charge in [0.05, 0.1) is 6.61 Å². The molecule has 3 amide bonds. The Morgan fingerprint density at radius 1 is 0.975 bits per heavy atom. The number of piperazine rings is 1. The fourth-order valence-corrected chi connectivity index (χ4v) is 5.19. The van der Waals surface area contributed by atoms with Crippen molar-refractivity contribution in [3.05, 3.63) is 29.8 Å². The van der Waals surface area contributed by atoms with Crippen molar-refractivity contribution in [3.63, 3.8) is 0 Å². The molecule has 0 radical (unpaired) electrons. The SMILES string of the molecule is C[C@@H](NC(=O)[C@H]1CCCN1C(=O)OC(C)(C)C)C(=O)N1CCN(CCCOc2ccc(C(=O)C3CC3)cc2)CC1. The van der Waals surface area contributed by atoms with Crippen LogP contribution in [0.4, 0.5) is 4.79 Å². The summed E-state index contributed by atoms with van der Waals surface area (Å²) in [5, 5.41) is 2.82. The quantitative estimate of drug-likeness (QED) is 0.349. The number of amides is 3. The molecule has 2 aliphatic heterocycles. The van der Waals surface area contributed by atoms with Gasteiger partial charge in [0, 0.05) is 50.7 Å². The Hall–Kier alpha value is -3.14. The molecule has 1 N–H and O–H groups in total. The van der Waals surface area contributed by atoms with Crippen molar-refractivity contribution in [2.24, 2.45) is 5.92 Å². The second-order valence-corrected chi connectivity index (χ2v) is 12.1. The van der Waals surface area contributed by atoms with Gasteiger partial charge in [0.25, 0.3) is 0 Å². The molecule has 1 aromatic carbocycles. The largest absolute Gasteiger partial charge is 0.494 e. The summed E-state index contributed by atoms with van der Waals surface area (Å²) in [7, 11) is 0. The number of hydrogen-bond donors (Lipinski definition) is 1. The maximum atomic E-state index is 13.0. The summed E-state index contributed by atoms with van der Waals surface area (Å²) in [5.74, 6) is 0.803. The first-order valence-corrected chi connectivity index (χ1v) is 14.6. The topological polar surface area (TPSA) is 108 Å². The van der Waals surface area contributed by atoms with Gasteiger partial charge in [0.2, 0.25) is 11.8 Å². The summed E-state index contributed by atoms with van der Waals surface area (Å²) in [6.45, 7) is 11.7. The van der Waals surface area contributed by atoms with Crippen LogP contribution >= 0.6 is 0 Å². The number of nitrogens with one attached hydrogen (secondary N) is 1. The van der Waals surface area contributed by atoms with E-state index in [1.165, 1.54) is 4.90 Å². The summed E-state index contributed by atoms with van der Waals surface area (Å²) in [6.07, 6.45) is 3.65. The molecule has 4 rings (SSSR count). The molecule has 1 aliphatic carbocycles. The average Bonchev–Trinajstić information content (AvgIpc) is 3.65. The van der Waals surface area contributed by atoms with Gasteiger partial charge in [-0.25, -0.2) is 4.79 Å². The molecular formula is C30H44N4O6. The van der Waals surface area contributed by atoms with Gasteiger partial charge in [-0.2, -0.15) is 0 Å². The van der Waals surface area contributed by atoms with Crippen molar-refractivity contribution in [1.29, 1.82) is 0 Å². The van der Waals surface area contributed by atoms with Crippen LogP contribution in [0.5, 0.6) is 5.75 Å². The Balaban J connectivity index is 1.13. The van der Waals surface area contributed by atoms with Gasteiger partial charge >= 0.3 is 6.09 Å². The van der Waals surface area contributed by atoms with E-state index in [1.54, 1.807) is 32.6 Å². The van der Waals surface area contributed by atoms with Crippen molar-refractivity contribution in [2.75, 3.05) is 45.9 Å². The summed E-state index contributed by atoms with van der Waals surface area (Å²) in [5.41, 5.74) is 0.126. The van der Waals surface area contributed by atoms with Gasteiger partial charge in [-0.05, 0) is 84.1 Å². The minimum absolute atomic E-state index is 0.109. The van der Waals surface area contributed by atoms with Crippen molar-refractivity contribution >= 4 is 23.7 Å². The molecule has 1 saturated carbocycles. The first-order valence-electron chi connectivity index (χ1n) is 14.6. The van der Waals surface area contributed by atoms with Gasteiger partial charge in [-0.1, -0.05) is 0 Å². The van der Waals surface area contributed by atoms with Crippen LogP contribution in [0.15, 0.2) is 24.3 Å². The maximum Gasteiger partial charge on any atom is 0.410 e. The minimum Gasteiger partial charge on any atom is -0.494 e. The molecule has 3 fully saturated rings. The van der Waals surface area contributed by atoms with Crippen LogP contribution in [0.3, 0.4) is 0 Å².